The third-order valence-electron chi connectivity index (χ3n) is 9.55. The second-order valence-electron chi connectivity index (χ2n) is 12.3. The molecule has 2 unspecified atom stereocenters. The van der Waals surface area contributed by atoms with Gasteiger partial charge in [-0.1, -0.05) is 24.4 Å². The van der Waals surface area contributed by atoms with E-state index in [4.69, 9.17) is 27.9 Å². The standard InChI is InChI=1S/C30H40ClF2N5O5/c1-30(29(41)42)12-3-2-5-19(30)28(40)37-14-11-18-20(31)9-10-23(25(18)22(37)15-36-13-4-6-24(36)39)43-16-21(34)26(27(32)33)38(35)17-7-8-17/h9-10,17,19,22,27H,2-8,11-16,34-35H2,1H3,(H,41,42)/b26-21-/t19?,22?,30-/m0/s1. The molecule has 236 valence electrons. The number of amides is 2. The summed E-state index contributed by atoms with van der Waals surface area (Å²) in [5.74, 6) is 4.20. The van der Waals surface area contributed by atoms with Crippen LogP contribution in [0.15, 0.2) is 23.5 Å². The Balaban J connectivity index is 1.51. The smallest absolute Gasteiger partial charge is 0.310 e. The zero-order chi connectivity index (χ0) is 31.1. The molecule has 5 rings (SSSR count). The number of hydrogen-bond acceptors (Lipinski definition) is 7. The lowest BCUT2D eigenvalue weighted by Crippen LogP contribution is -2.52. The van der Waals surface area contributed by atoms with E-state index < -0.39 is 35.5 Å². The highest BCUT2D eigenvalue weighted by Gasteiger charge is 2.50. The molecule has 2 heterocycles. The Morgan fingerprint density at radius 3 is 2.56 bits per heavy atom. The molecule has 2 aliphatic carbocycles. The van der Waals surface area contributed by atoms with Crippen molar-refractivity contribution in [1.29, 1.82) is 0 Å². The summed E-state index contributed by atoms with van der Waals surface area (Å²) in [5.41, 5.74) is 5.53. The average molecular weight is 624 g/mol. The maximum absolute atomic E-state index is 14.3. The summed E-state index contributed by atoms with van der Waals surface area (Å²) in [7, 11) is 0. The van der Waals surface area contributed by atoms with E-state index in [1.807, 2.05) is 0 Å². The van der Waals surface area contributed by atoms with Gasteiger partial charge in [0, 0.05) is 42.7 Å². The Kier molecular flexibility index (Phi) is 9.08. The van der Waals surface area contributed by atoms with Crippen LogP contribution >= 0.6 is 11.6 Å². The summed E-state index contributed by atoms with van der Waals surface area (Å²) in [5, 5.41) is 11.6. The number of halogens is 3. The SMILES string of the molecule is C[C@]1(C(=O)O)CCCCC1C(=O)N1CCc2c(Cl)ccc(OC/C(N)=C(\C(F)F)N(N)C3CC3)c2C1CN1CCCC1=O. The summed E-state index contributed by atoms with van der Waals surface area (Å²) < 4.78 is 34.0. The maximum Gasteiger partial charge on any atom is 0.310 e. The lowest BCUT2D eigenvalue weighted by Gasteiger charge is -2.45. The molecule has 1 aromatic carbocycles. The third kappa shape index (κ3) is 6.13. The summed E-state index contributed by atoms with van der Waals surface area (Å²) >= 11 is 6.65. The largest absolute Gasteiger partial charge is 0.487 e. The van der Waals surface area contributed by atoms with Gasteiger partial charge in [-0.25, -0.2) is 14.6 Å². The molecular weight excluding hydrogens is 584 g/mol. The fraction of sp³-hybridized carbons (Fsp3) is 0.633. The molecule has 0 aromatic heterocycles. The van der Waals surface area contributed by atoms with Gasteiger partial charge in [0.1, 0.15) is 18.1 Å². The van der Waals surface area contributed by atoms with E-state index in [0.717, 1.165) is 23.4 Å². The molecule has 0 radical (unpaired) electrons. The number of aliphatic carboxylic acids is 1. The predicted octanol–water partition coefficient (Wildman–Crippen LogP) is 3.82. The van der Waals surface area contributed by atoms with Crippen LogP contribution in [-0.2, 0) is 20.8 Å². The minimum absolute atomic E-state index is 0.0334. The lowest BCUT2D eigenvalue weighted by atomic mass is 9.66. The first kappa shape index (κ1) is 31.3. The Morgan fingerprint density at radius 2 is 1.93 bits per heavy atom. The highest BCUT2D eigenvalue weighted by molar-refractivity contribution is 6.31. The highest BCUT2D eigenvalue weighted by atomic mass is 35.5. The zero-order valence-electron chi connectivity index (χ0n) is 24.4. The van der Waals surface area contributed by atoms with Gasteiger partial charge < -0.3 is 30.4 Å². The monoisotopic (exact) mass is 623 g/mol. The van der Waals surface area contributed by atoms with E-state index in [1.54, 1.807) is 28.9 Å². The molecule has 13 heteroatoms. The number of benzene rings is 1. The number of hydrogen-bond donors (Lipinski definition) is 3. The molecule has 4 aliphatic rings. The minimum atomic E-state index is -2.89. The van der Waals surface area contributed by atoms with Gasteiger partial charge in [0.25, 0.3) is 6.43 Å². The van der Waals surface area contributed by atoms with Crippen molar-refractivity contribution >= 4 is 29.4 Å². The van der Waals surface area contributed by atoms with Gasteiger partial charge in [0.15, 0.2) is 0 Å². The first-order chi connectivity index (χ1) is 20.4. The number of carbonyl (C=O) groups excluding carboxylic acids is 2. The number of fused-ring (bicyclic) bond motifs is 1. The molecule has 3 fully saturated rings. The van der Waals surface area contributed by atoms with E-state index in [0.29, 0.717) is 67.8 Å². The molecule has 2 amide bonds. The van der Waals surface area contributed by atoms with Crippen molar-refractivity contribution in [2.75, 3.05) is 26.2 Å². The third-order valence-corrected chi connectivity index (χ3v) is 9.91. The van der Waals surface area contributed by atoms with E-state index >= 15 is 0 Å². The molecule has 1 saturated heterocycles. The van der Waals surface area contributed by atoms with Crippen LogP contribution in [0.2, 0.25) is 5.02 Å². The number of alkyl halides is 2. The molecule has 1 aromatic rings. The van der Waals surface area contributed by atoms with E-state index in [2.05, 4.69) is 0 Å². The number of allylic oxidation sites excluding steroid dienone is 1. The number of carboxylic acids is 1. The highest BCUT2D eigenvalue weighted by Crippen LogP contribution is 2.46. The van der Waals surface area contributed by atoms with Gasteiger partial charge in [0.05, 0.1) is 23.1 Å². The number of nitrogens with zero attached hydrogens (tertiary/aromatic N) is 3. The quantitative estimate of drug-likeness (QED) is 0.264. The van der Waals surface area contributed by atoms with Gasteiger partial charge in [-0.05, 0) is 63.1 Å². The number of carboxylic acid groups (broad SMARTS) is 1. The number of nitrogens with two attached hydrogens (primary N) is 2. The fourth-order valence-corrected chi connectivity index (χ4v) is 7.11. The van der Waals surface area contributed by atoms with Crippen LogP contribution in [-0.4, -0.2) is 76.4 Å². The topological polar surface area (TPSA) is 142 Å². The number of rotatable bonds is 10. The van der Waals surface area contributed by atoms with Crippen molar-refractivity contribution in [2.24, 2.45) is 22.9 Å². The number of hydrazine groups is 1. The Morgan fingerprint density at radius 1 is 1.19 bits per heavy atom. The van der Waals surface area contributed by atoms with Crippen molar-refractivity contribution in [3.8, 4) is 5.75 Å². The molecule has 43 heavy (non-hydrogen) atoms. The van der Waals surface area contributed by atoms with Gasteiger partial charge in [-0.2, -0.15) is 0 Å². The van der Waals surface area contributed by atoms with Crippen LogP contribution in [0.4, 0.5) is 8.78 Å². The number of ether oxygens (including phenoxy) is 1. The van der Waals surface area contributed by atoms with E-state index in [-0.39, 0.29) is 43.2 Å². The predicted molar refractivity (Wildman–Crippen MR) is 155 cm³/mol. The van der Waals surface area contributed by atoms with Crippen LogP contribution in [0.3, 0.4) is 0 Å². The summed E-state index contributed by atoms with van der Waals surface area (Å²) in [6.07, 6.45) is 2.31. The van der Waals surface area contributed by atoms with Crippen molar-refractivity contribution in [1.82, 2.24) is 14.8 Å². The van der Waals surface area contributed by atoms with Crippen LogP contribution in [0.25, 0.3) is 0 Å². The second kappa shape index (κ2) is 12.5. The normalized spacial score (nSPS) is 26.3. The van der Waals surface area contributed by atoms with Crippen LogP contribution in [0, 0.1) is 11.3 Å². The van der Waals surface area contributed by atoms with Crippen LogP contribution in [0.1, 0.15) is 75.5 Å². The summed E-state index contributed by atoms with van der Waals surface area (Å²) in [6, 6.07) is 2.40. The van der Waals surface area contributed by atoms with E-state index in [9.17, 15) is 28.3 Å². The second-order valence-corrected chi connectivity index (χ2v) is 12.7. The molecule has 0 bridgehead atoms. The number of likely N-dealkylation sites (tertiary alicyclic amines) is 1. The Hall–Kier alpha value is -3.12. The maximum atomic E-state index is 14.3. The molecule has 5 N–H and O–H groups in total. The minimum Gasteiger partial charge on any atom is -0.487 e. The molecular formula is C30H40ClF2N5O5. The Labute approximate surface area is 254 Å². The van der Waals surface area contributed by atoms with Crippen molar-refractivity contribution < 1.29 is 33.0 Å². The van der Waals surface area contributed by atoms with Gasteiger partial charge in [0.2, 0.25) is 11.8 Å². The lowest BCUT2D eigenvalue weighted by molar-refractivity contribution is -0.162. The molecule has 2 aliphatic heterocycles. The molecule has 0 spiro atoms. The van der Waals surface area contributed by atoms with Crippen LogP contribution < -0.4 is 16.3 Å². The first-order valence-corrected chi connectivity index (χ1v) is 15.4. The van der Waals surface area contributed by atoms with Gasteiger partial charge in [-0.3, -0.25) is 14.4 Å². The molecule has 10 nitrogen and oxygen atoms in total. The van der Waals surface area contributed by atoms with E-state index in [1.165, 1.54) is 0 Å². The average Bonchev–Trinajstić information content (AvgIpc) is 3.74. The zero-order valence-corrected chi connectivity index (χ0v) is 25.1. The molecule has 2 saturated carbocycles. The van der Waals surface area contributed by atoms with Gasteiger partial charge in [-0.15, -0.1) is 0 Å². The summed E-state index contributed by atoms with van der Waals surface area (Å²) in [4.78, 5) is 42.8. The number of carbonyl (C=O) groups is 3. The first-order valence-electron chi connectivity index (χ1n) is 15.0. The Bertz CT molecular complexity index is 1310. The van der Waals surface area contributed by atoms with Crippen molar-refractivity contribution in [3.63, 3.8) is 0 Å². The molecule has 3 atom stereocenters. The van der Waals surface area contributed by atoms with Gasteiger partial charge >= 0.3 is 5.97 Å². The van der Waals surface area contributed by atoms with Crippen LogP contribution in [0.5, 0.6) is 5.75 Å². The van der Waals surface area contributed by atoms with Crippen molar-refractivity contribution in [2.45, 2.75) is 83.2 Å². The summed E-state index contributed by atoms with van der Waals surface area (Å²) in [6.45, 7) is 2.25. The fourth-order valence-electron chi connectivity index (χ4n) is 6.85. The van der Waals surface area contributed by atoms with Crippen molar-refractivity contribution in [3.05, 3.63) is 39.7 Å².